The first-order valence-corrected chi connectivity index (χ1v) is 10.2. The van der Waals surface area contributed by atoms with E-state index in [1.54, 1.807) is 26.0 Å². The maximum absolute atomic E-state index is 12.6. The minimum Gasteiger partial charge on any atom is -0.462 e. The number of nitrogens with one attached hydrogen (secondary N) is 2. The number of amides is 2. The summed E-state index contributed by atoms with van der Waals surface area (Å²) >= 11 is 1.09. The summed E-state index contributed by atoms with van der Waals surface area (Å²) < 4.78 is 5.13. The van der Waals surface area contributed by atoms with Crippen molar-refractivity contribution in [3.8, 4) is 0 Å². The number of unbranched alkanes of at least 4 members (excludes halogenated alkanes) is 1. The smallest absolute Gasteiger partial charge is 0.341 e. The van der Waals surface area contributed by atoms with E-state index in [9.17, 15) is 14.4 Å². The van der Waals surface area contributed by atoms with Crippen molar-refractivity contribution >= 4 is 34.1 Å². The van der Waals surface area contributed by atoms with Crippen LogP contribution in [0, 0.1) is 13.8 Å². The molecule has 28 heavy (non-hydrogen) atoms. The summed E-state index contributed by atoms with van der Waals surface area (Å²) in [6.45, 7) is 8.15. The Morgan fingerprint density at radius 2 is 1.71 bits per heavy atom. The summed E-state index contributed by atoms with van der Waals surface area (Å²) in [6, 6.07) is 7.11. The predicted molar refractivity (Wildman–Crippen MR) is 111 cm³/mol. The van der Waals surface area contributed by atoms with Crippen LogP contribution in [0.5, 0.6) is 0 Å². The molecule has 0 saturated heterocycles. The molecule has 150 valence electrons. The van der Waals surface area contributed by atoms with Crippen LogP contribution in [0.25, 0.3) is 0 Å². The van der Waals surface area contributed by atoms with E-state index in [0.717, 1.165) is 29.7 Å². The molecule has 0 fully saturated rings. The minimum absolute atomic E-state index is 0.206. The zero-order valence-electron chi connectivity index (χ0n) is 16.7. The molecule has 1 heterocycles. The molecule has 7 heteroatoms. The average Bonchev–Trinajstić information content (AvgIpc) is 2.98. The van der Waals surface area contributed by atoms with Gasteiger partial charge in [-0.2, -0.15) is 0 Å². The van der Waals surface area contributed by atoms with Crippen molar-refractivity contribution in [2.45, 2.75) is 40.5 Å². The number of benzene rings is 1. The molecular weight excluding hydrogens is 376 g/mol. The van der Waals surface area contributed by atoms with Gasteiger partial charge in [0, 0.05) is 12.1 Å². The van der Waals surface area contributed by atoms with Crippen molar-refractivity contribution in [3.63, 3.8) is 0 Å². The van der Waals surface area contributed by atoms with Crippen molar-refractivity contribution < 1.29 is 19.1 Å². The molecule has 2 N–H and O–H groups in total. The number of rotatable bonds is 8. The van der Waals surface area contributed by atoms with Gasteiger partial charge in [0.05, 0.1) is 17.0 Å². The van der Waals surface area contributed by atoms with Gasteiger partial charge in [0.25, 0.3) is 11.8 Å². The molecular formula is C21H26N2O4S. The number of hydrogen-bond donors (Lipinski definition) is 2. The number of thiophene rings is 1. The molecule has 1 aromatic carbocycles. The van der Waals surface area contributed by atoms with Crippen LogP contribution >= 0.6 is 11.3 Å². The second-order valence-electron chi connectivity index (χ2n) is 6.41. The third-order valence-electron chi connectivity index (χ3n) is 4.19. The largest absolute Gasteiger partial charge is 0.462 e. The van der Waals surface area contributed by atoms with Crippen LogP contribution in [0.3, 0.4) is 0 Å². The van der Waals surface area contributed by atoms with E-state index in [2.05, 4.69) is 10.6 Å². The lowest BCUT2D eigenvalue weighted by molar-refractivity contribution is 0.0527. The van der Waals surface area contributed by atoms with E-state index < -0.39 is 5.97 Å². The fraction of sp³-hybridized carbons (Fsp3) is 0.381. The number of anilines is 1. The Morgan fingerprint density at radius 1 is 1.04 bits per heavy atom. The van der Waals surface area contributed by atoms with Gasteiger partial charge >= 0.3 is 5.97 Å². The third-order valence-corrected chi connectivity index (χ3v) is 5.40. The number of hydrogen-bond acceptors (Lipinski definition) is 5. The Kier molecular flexibility index (Phi) is 7.75. The van der Waals surface area contributed by atoms with Crippen molar-refractivity contribution in [1.82, 2.24) is 5.32 Å². The van der Waals surface area contributed by atoms with Crippen LogP contribution < -0.4 is 10.6 Å². The normalized spacial score (nSPS) is 10.4. The monoisotopic (exact) mass is 402 g/mol. The lowest BCUT2D eigenvalue weighted by Gasteiger charge is -2.07. The summed E-state index contributed by atoms with van der Waals surface area (Å²) in [5, 5.41) is 5.94. The highest BCUT2D eigenvalue weighted by molar-refractivity contribution is 7.18. The zero-order valence-corrected chi connectivity index (χ0v) is 17.5. The molecule has 6 nitrogen and oxygen atoms in total. The SMILES string of the molecule is CCCCNC(=O)c1sc(NC(=O)c2ccc(C)cc2)c(C(=O)OCC)c1C. The highest BCUT2D eigenvalue weighted by Crippen LogP contribution is 2.34. The highest BCUT2D eigenvalue weighted by atomic mass is 32.1. The summed E-state index contributed by atoms with van der Waals surface area (Å²) in [6.07, 6.45) is 1.84. The zero-order chi connectivity index (χ0) is 20.7. The first-order chi connectivity index (χ1) is 13.4. The number of carbonyl (C=O) groups is 3. The molecule has 0 aliphatic carbocycles. The predicted octanol–water partition coefficient (Wildman–Crippen LogP) is 4.32. The molecule has 2 aromatic rings. The second-order valence-corrected chi connectivity index (χ2v) is 7.43. The molecule has 2 amide bonds. The van der Waals surface area contributed by atoms with Crippen LogP contribution in [0.4, 0.5) is 5.00 Å². The van der Waals surface area contributed by atoms with Gasteiger partial charge in [-0.15, -0.1) is 11.3 Å². The molecule has 0 aliphatic rings. The molecule has 1 aromatic heterocycles. The van der Waals surface area contributed by atoms with Crippen molar-refractivity contribution in [3.05, 3.63) is 51.4 Å². The highest BCUT2D eigenvalue weighted by Gasteiger charge is 2.26. The fourth-order valence-corrected chi connectivity index (χ4v) is 3.71. The maximum atomic E-state index is 12.6. The average molecular weight is 403 g/mol. The molecule has 0 unspecified atom stereocenters. The van der Waals surface area contributed by atoms with E-state index >= 15 is 0 Å². The summed E-state index contributed by atoms with van der Waals surface area (Å²) in [5.74, 6) is -1.15. The topological polar surface area (TPSA) is 84.5 Å². The molecule has 0 aliphatic heterocycles. The van der Waals surface area contributed by atoms with Crippen molar-refractivity contribution in [2.75, 3.05) is 18.5 Å². The molecule has 0 spiro atoms. The van der Waals surface area contributed by atoms with E-state index in [1.807, 2.05) is 26.0 Å². The lowest BCUT2D eigenvalue weighted by atomic mass is 10.1. The van der Waals surface area contributed by atoms with Crippen LogP contribution in [-0.4, -0.2) is 30.9 Å². The van der Waals surface area contributed by atoms with Crippen LogP contribution in [0.1, 0.15) is 68.2 Å². The molecule has 2 rings (SSSR count). The van der Waals surface area contributed by atoms with Gasteiger partial charge < -0.3 is 15.4 Å². The Balaban J connectivity index is 2.33. The Hall–Kier alpha value is -2.67. The van der Waals surface area contributed by atoms with Crippen molar-refractivity contribution in [1.29, 1.82) is 0 Å². The van der Waals surface area contributed by atoms with Gasteiger partial charge in [-0.1, -0.05) is 31.0 Å². The van der Waals surface area contributed by atoms with E-state index in [0.29, 0.717) is 27.5 Å². The van der Waals surface area contributed by atoms with E-state index in [4.69, 9.17) is 4.74 Å². The van der Waals surface area contributed by atoms with Crippen LogP contribution in [0.15, 0.2) is 24.3 Å². The van der Waals surface area contributed by atoms with Gasteiger partial charge in [0.1, 0.15) is 5.00 Å². The molecule has 0 radical (unpaired) electrons. The molecule has 0 bridgehead atoms. The number of aryl methyl sites for hydroxylation is 1. The third kappa shape index (κ3) is 5.19. The molecule has 0 atom stereocenters. The Morgan fingerprint density at radius 3 is 2.32 bits per heavy atom. The first-order valence-electron chi connectivity index (χ1n) is 9.35. The van der Waals surface area contributed by atoms with Gasteiger partial charge in [-0.05, 0) is 44.9 Å². The Bertz CT molecular complexity index is 856. The van der Waals surface area contributed by atoms with Crippen molar-refractivity contribution in [2.24, 2.45) is 0 Å². The van der Waals surface area contributed by atoms with Gasteiger partial charge in [-0.25, -0.2) is 4.79 Å². The van der Waals surface area contributed by atoms with Gasteiger partial charge in [0.15, 0.2) is 0 Å². The number of esters is 1. The summed E-state index contributed by atoms with van der Waals surface area (Å²) in [7, 11) is 0. The summed E-state index contributed by atoms with van der Waals surface area (Å²) in [4.78, 5) is 38.0. The standard InChI is InChI=1S/C21H26N2O4S/c1-5-7-12-22-19(25)17-14(4)16(21(26)27-6-2)20(28-17)23-18(24)15-10-8-13(3)9-11-15/h8-11H,5-7,12H2,1-4H3,(H,22,25)(H,23,24). The van der Waals surface area contributed by atoms with Crippen LogP contribution in [-0.2, 0) is 4.74 Å². The fourth-order valence-electron chi connectivity index (χ4n) is 2.61. The second kappa shape index (κ2) is 10.0. The number of carbonyl (C=O) groups excluding carboxylic acids is 3. The number of ether oxygens (including phenoxy) is 1. The Labute approximate surface area is 169 Å². The quantitative estimate of drug-likeness (QED) is 0.509. The lowest BCUT2D eigenvalue weighted by Crippen LogP contribution is -2.24. The minimum atomic E-state index is -0.553. The maximum Gasteiger partial charge on any atom is 0.341 e. The van der Waals surface area contributed by atoms with E-state index in [1.165, 1.54) is 0 Å². The summed E-state index contributed by atoms with van der Waals surface area (Å²) in [5.41, 5.74) is 2.26. The van der Waals surface area contributed by atoms with Gasteiger partial charge in [-0.3, -0.25) is 9.59 Å². The van der Waals surface area contributed by atoms with E-state index in [-0.39, 0.29) is 24.0 Å². The van der Waals surface area contributed by atoms with Crippen LogP contribution in [0.2, 0.25) is 0 Å². The molecule has 0 saturated carbocycles. The van der Waals surface area contributed by atoms with Gasteiger partial charge in [0.2, 0.25) is 0 Å². The first kappa shape index (κ1) is 21.6.